The van der Waals surface area contributed by atoms with Crippen LogP contribution in [0.5, 0.6) is 0 Å². The number of nitrogens with zero attached hydrogens (tertiary/aromatic N) is 2. The van der Waals surface area contributed by atoms with Gasteiger partial charge in [0.2, 0.25) is 0 Å². The molecular formula is C51H88N2O. The molecule has 0 heterocycles. The van der Waals surface area contributed by atoms with E-state index in [-0.39, 0.29) is 5.78 Å². The van der Waals surface area contributed by atoms with E-state index in [0.29, 0.717) is 0 Å². The number of ketones is 1. The highest BCUT2D eigenvalue weighted by Crippen LogP contribution is 2.21. The van der Waals surface area contributed by atoms with E-state index in [1.54, 1.807) is 0 Å². The molecule has 0 aliphatic carbocycles. The summed E-state index contributed by atoms with van der Waals surface area (Å²) < 4.78 is 0. The van der Waals surface area contributed by atoms with Crippen LogP contribution < -0.4 is 9.80 Å². The molecular weight excluding hydrogens is 657 g/mol. The molecule has 0 saturated carbocycles. The fraction of sp³-hybridized carbons (Fsp3) is 0.745. The quantitative estimate of drug-likeness (QED) is 0.0505. The largest absolute Gasteiger partial charge is 0.375 e. The Hall–Kier alpha value is -2.29. The van der Waals surface area contributed by atoms with Gasteiger partial charge >= 0.3 is 0 Å². The Balaban J connectivity index is 1.48. The van der Waals surface area contributed by atoms with Crippen LogP contribution >= 0.6 is 0 Å². The van der Waals surface area contributed by atoms with Crippen molar-refractivity contribution in [3.05, 3.63) is 59.7 Å². The van der Waals surface area contributed by atoms with Crippen molar-refractivity contribution in [2.75, 3.05) is 37.0 Å². The lowest BCUT2D eigenvalue weighted by Crippen LogP contribution is -2.18. The first-order chi connectivity index (χ1) is 26.6. The predicted molar refractivity (Wildman–Crippen MR) is 242 cm³/mol. The van der Waals surface area contributed by atoms with E-state index >= 15 is 0 Å². The van der Waals surface area contributed by atoms with E-state index < -0.39 is 0 Å². The standard InChI is InChI=1S/C51H88N2O/c1-5-7-9-11-13-15-17-19-21-23-25-27-29-31-33-35-45-52(3)49-41-37-47(38-42-49)51(54)48-39-43-50(44-40-48)53(4)46-36-34-32-30-28-26-24-22-20-18-16-14-12-10-8-6-2/h37-44H,5-36,45-46H2,1-4H3. The van der Waals surface area contributed by atoms with E-state index in [2.05, 4.69) is 62.0 Å². The molecule has 3 heteroatoms. The minimum absolute atomic E-state index is 0.106. The molecule has 0 aliphatic heterocycles. The smallest absolute Gasteiger partial charge is 0.193 e. The second-order valence-electron chi connectivity index (χ2n) is 16.9. The topological polar surface area (TPSA) is 23.6 Å². The zero-order chi connectivity index (χ0) is 38.7. The summed E-state index contributed by atoms with van der Waals surface area (Å²) in [5.41, 5.74) is 3.92. The SMILES string of the molecule is CCCCCCCCCCCCCCCCCCN(C)c1ccc(C(=O)c2ccc(N(C)CCCCCCCCCCCCCCCCCC)cc2)cc1. The molecule has 0 spiro atoms. The first kappa shape index (κ1) is 47.9. The average molecular weight is 745 g/mol. The fourth-order valence-corrected chi connectivity index (χ4v) is 7.95. The van der Waals surface area contributed by atoms with Crippen LogP contribution in [0.3, 0.4) is 0 Å². The Bertz CT molecular complexity index is 1020. The van der Waals surface area contributed by atoms with Crippen LogP contribution in [-0.4, -0.2) is 33.0 Å². The number of carbonyl (C=O) groups is 1. The normalized spacial score (nSPS) is 11.3. The Labute approximate surface area is 336 Å². The summed E-state index contributed by atoms with van der Waals surface area (Å²) in [6.07, 6.45) is 44.9. The summed E-state index contributed by atoms with van der Waals surface area (Å²) in [6, 6.07) is 16.4. The van der Waals surface area contributed by atoms with Crippen molar-refractivity contribution in [2.45, 2.75) is 219 Å². The summed E-state index contributed by atoms with van der Waals surface area (Å²) in [4.78, 5) is 17.9. The predicted octanol–water partition coefficient (Wildman–Crippen LogP) is 16.3. The summed E-state index contributed by atoms with van der Waals surface area (Å²) in [5, 5.41) is 0. The third-order valence-corrected chi connectivity index (χ3v) is 11.8. The van der Waals surface area contributed by atoms with Gasteiger partial charge in [0.25, 0.3) is 0 Å². The molecule has 54 heavy (non-hydrogen) atoms. The molecule has 2 aromatic carbocycles. The molecule has 0 N–H and O–H groups in total. The van der Waals surface area contributed by atoms with Gasteiger partial charge < -0.3 is 9.80 Å². The summed E-state index contributed by atoms with van der Waals surface area (Å²) in [7, 11) is 4.36. The fourth-order valence-electron chi connectivity index (χ4n) is 7.95. The van der Waals surface area contributed by atoms with Crippen molar-refractivity contribution < 1.29 is 4.79 Å². The Morgan fingerprint density at radius 2 is 0.537 bits per heavy atom. The Morgan fingerprint density at radius 1 is 0.333 bits per heavy atom. The molecule has 0 unspecified atom stereocenters. The zero-order valence-electron chi connectivity index (χ0n) is 36.5. The van der Waals surface area contributed by atoms with Gasteiger partial charge in [-0.15, -0.1) is 0 Å². The van der Waals surface area contributed by atoms with Gasteiger partial charge in [0.05, 0.1) is 0 Å². The summed E-state index contributed by atoms with van der Waals surface area (Å²) in [6.45, 7) is 6.73. The molecule has 0 bridgehead atoms. The highest BCUT2D eigenvalue weighted by Gasteiger charge is 2.11. The molecule has 0 atom stereocenters. The molecule has 308 valence electrons. The van der Waals surface area contributed by atoms with E-state index in [9.17, 15) is 4.79 Å². The number of hydrogen-bond acceptors (Lipinski definition) is 3. The van der Waals surface area contributed by atoms with Crippen LogP contribution in [0.4, 0.5) is 11.4 Å². The molecule has 0 aliphatic rings. The maximum atomic E-state index is 13.3. The molecule has 0 saturated heterocycles. The van der Waals surface area contributed by atoms with Crippen LogP contribution in [0, 0.1) is 0 Å². The number of anilines is 2. The lowest BCUT2D eigenvalue weighted by Gasteiger charge is -2.20. The second kappa shape index (κ2) is 34.0. The second-order valence-corrected chi connectivity index (χ2v) is 16.9. The van der Waals surface area contributed by atoms with Crippen molar-refractivity contribution >= 4 is 17.2 Å². The Morgan fingerprint density at radius 3 is 0.759 bits per heavy atom. The van der Waals surface area contributed by atoms with Crippen molar-refractivity contribution in [3.63, 3.8) is 0 Å². The van der Waals surface area contributed by atoms with Gasteiger partial charge in [-0.05, 0) is 61.4 Å². The number of hydrogen-bond donors (Lipinski definition) is 0. The number of benzene rings is 2. The number of unbranched alkanes of at least 4 members (excludes halogenated alkanes) is 30. The number of rotatable bonds is 38. The van der Waals surface area contributed by atoms with Gasteiger partial charge in [0, 0.05) is 49.7 Å². The molecule has 0 aromatic heterocycles. The number of carbonyl (C=O) groups excluding carboxylic acids is 1. The van der Waals surface area contributed by atoms with Crippen LogP contribution in [0.15, 0.2) is 48.5 Å². The van der Waals surface area contributed by atoms with Crippen LogP contribution in [0.2, 0.25) is 0 Å². The van der Waals surface area contributed by atoms with Gasteiger partial charge in [-0.1, -0.05) is 206 Å². The molecule has 2 rings (SSSR count). The maximum absolute atomic E-state index is 13.3. The molecule has 3 nitrogen and oxygen atoms in total. The van der Waals surface area contributed by atoms with E-state index in [0.717, 1.165) is 24.2 Å². The van der Waals surface area contributed by atoms with Gasteiger partial charge in [-0.3, -0.25) is 4.79 Å². The van der Waals surface area contributed by atoms with Crippen LogP contribution in [0.25, 0.3) is 0 Å². The maximum Gasteiger partial charge on any atom is 0.193 e. The molecule has 0 fully saturated rings. The highest BCUT2D eigenvalue weighted by atomic mass is 16.1. The van der Waals surface area contributed by atoms with Crippen LogP contribution in [-0.2, 0) is 0 Å². The van der Waals surface area contributed by atoms with Gasteiger partial charge in [0.1, 0.15) is 0 Å². The van der Waals surface area contributed by atoms with Crippen molar-refractivity contribution in [2.24, 2.45) is 0 Å². The lowest BCUT2D eigenvalue weighted by atomic mass is 10.0. The van der Waals surface area contributed by atoms with Crippen LogP contribution in [0.1, 0.15) is 235 Å². The first-order valence-electron chi connectivity index (χ1n) is 23.7. The summed E-state index contributed by atoms with van der Waals surface area (Å²) in [5.74, 6) is 0.106. The molecule has 0 amide bonds. The van der Waals surface area contributed by atoms with E-state index in [1.165, 1.54) is 217 Å². The first-order valence-corrected chi connectivity index (χ1v) is 23.7. The van der Waals surface area contributed by atoms with Crippen molar-refractivity contribution in [1.29, 1.82) is 0 Å². The van der Waals surface area contributed by atoms with Crippen molar-refractivity contribution in [1.82, 2.24) is 0 Å². The van der Waals surface area contributed by atoms with Gasteiger partial charge in [-0.2, -0.15) is 0 Å². The van der Waals surface area contributed by atoms with Gasteiger partial charge in [-0.25, -0.2) is 0 Å². The third-order valence-electron chi connectivity index (χ3n) is 11.8. The van der Waals surface area contributed by atoms with E-state index in [1.807, 2.05) is 24.3 Å². The summed E-state index contributed by atoms with van der Waals surface area (Å²) >= 11 is 0. The molecule has 2 aromatic rings. The molecule has 0 radical (unpaired) electrons. The monoisotopic (exact) mass is 745 g/mol. The van der Waals surface area contributed by atoms with Crippen molar-refractivity contribution in [3.8, 4) is 0 Å². The average Bonchev–Trinajstić information content (AvgIpc) is 3.20. The van der Waals surface area contributed by atoms with E-state index in [4.69, 9.17) is 0 Å². The highest BCUT2D eigenvalue weighted by molar-refractivity contribution is 6.09. The van der Waals surface area contributed by atoms with Gasteiger partial charge in [0.15, 0.2) is 5.78 Å². The third kappa shape index (κ3) is 24.3. The Kier molecular flexibility index (Phi) is 30.1. The minimum Gasteiger partial charge on any atom is -0.375 e. The lowest BCUT2D eigenvalue weighted by molar-refractivity contribution is 0.103. The zero-order valence-corrected chi connectivity index (χ0v) is 36.5. The minimum atomic E-state index is 0.106.